The third-order valence-corrected chi connectivity index (χ3v) is 3.77. The third kappa shape index (κ3) is 2.79. The zero-order valence-electron chi connectivity index (χ0n) is 9.94. The van der Waals surface area contributed by atoms with Gasteiger partial charge in [0.2, 0.25) is 11.8 Å². The van der Waals surface area contributed by atoms with Gasteiger partial charge in [0.05, 0.1) is 5.56 Å². The molecular formula is C12H10BrClN2O3. The molecule has 1 heterocycles. The van der Waals surface area contributed by atoms with E-state index in [1.165, 1.54) is 11.0 Å². The van der Waals surface area contributed by atoms with Gasteiger partial charge in [-0.15, -0.1) is 0 Å². The average molecular weight is 346 g/mol. The average Bonchev–Trinajstić information content (AvgIpc) is 2.36. The second-order valence-corrected chi connectivity index (χ2v) is 5.44. The Hall–Kier alpha value is -1.40. The molecule has 19 heavy (non-hydrogen) atoms. The van der Waals surface area contributed by atoms with Gasteiger partial charge in [-0.05, 0) is 41.1 Å². The molecule has 1 aliphatic heterocycles. The molecule has 1 unspecified atom stereocenters. The summed E-state index contributed by atoms with van der Waals surface area (Å²) < 4.78 is 0.563. The first-order chi connectivity index (χ1) is 8.90. The van der Waals surface area contributed by atoms with Crippen molar-refractivity contribution in [1.29, 1.82) is 0 Å². The third-order valence-electron chi connectivity index (χ3n) is 2.84. The van der Waals surface area contributed by atoms with Crippen molar-refractivity contribution in [3.63, 3.8) is 0 Å². The van der Waals surface area contributed by atoms with Crippen LogP contribution in [0.1, 0.15) is 17.3 Å². The van der Waals surface area contributed by atoms with Crippen LogP contribution in [0.15, 0.2) is 22.7 Å². The maximum atomic E-state index is 12.4. The van der Waals surface area contributed by atoms with Crippen molar-refractivity contribution in [1.82, 2.24) is 10.2 Å². The van der Waals surface area contributed by atoms with Gasteiger partial charge in [0.1, 0.15) is 12.6 Å². The summed E-state index contributed by atoms with van der Waals surface area (Å²) in [5.41, 5.74) is 0.321. The van der Waals surface area contributed by atoms with Gasteiger partial charge in [0, 0.05) is 9.50 Å². The van der Waals surface area contributed by atoms with Crippen molar-refractivity contribution >= 4 is 45.3 Å². The normalized spacial score (nSPS) is 19.3. The molecule has 1 N–H and O–H groups in total. The van der Waals surface area contributed by atoms with Crippen LogP contribution in [-0.2, 0) is 9.59 Å². The summed E-state index contributed by atoms with van der Waals surface area (Å²) in [6.45, 7) is 1.42. The largest absolute Gasteiger partial charge is 0.318 e. The topological polar surface area (TPSA) is 66.5 Å². The van der Waals surface area contributed by atoms with Crippen molar-refractivity contribution in [2.24, 2.45) is 0 Å². The van der Waals surface area contributed by atoms with Crippen molar-refractivity contribution < 1.29 is 14.4 Å². The molecular weight excluding hydrogens is 336 g/mol. The summed E-state index contributed by atoms with van der Waals surface area (Å²) in [6.07, 6.45) is 0. The predicted molar refractivity (Wildman–Crippen MR) is 72.8 cm³/mol. The van der Waals surface area contributed by atoms with Crippen LogP contribution in [0, 0.1) is 0 Å². The molecule has 7 heteroatoms. The Morgan fingerprint density at radius 1 is 1.47 bits per heavy atom. The van der Waals surface area contributed by atoms with Crippen LogP contribution in [0.3, 0.4) is 0 Å². The molecule has 1 aromatic carbocycles. The zero-order chi connectivity index (χ0) is 14.2. The van der Waals surface area contributed by atoms with Crippen LogP contribution in [0.4, 0.5) is 0 Å². The van der Waals surface area contributed by atoms with Crippen molar-refractivity contribution in [2.45, 2.75) is 13.0 Å². The Labute approximate surface area is 123 Å². The number of benzene rings is 1. The number of amides is 3. The molecule has 0 aromatic heterocycles. The number of nitrogens with one attached hydrogen (secondary N) is 1. The van der Waals surface area contributed by atoms with Crippen molar-refractivity contribution in [3.8, 4) is 0 Å². The fourth-order valence-electron chi connectivity index (χ4n) is 1.78. The highest BCUT2D eigenvalue weighted by atomic mass is 79.9. The molecule has 1 fully saturated rings. The minimum absolute atomic E-state index is 0.148. The Kier molecular flexibility index (Phi) is 3.91. The van der Waals surface area contributed by atoms with Crippen LogP contribution in [0.2, 0.25) is 5.02 Å². The van der Waals surface area contributed by atoms with E-state index in [1.807, 2.05) is 0 Å². The number of carbonyl (C=O) groups is 3. The maximum Gasteiger partial charge on any atom is 0.256 e. The van der Waals surface area contributed by atoms with E-state index in [4.69, 9.17) is 11.6 Å². The molecule has 1 saturated heterocycles. The Balaban J connectivity index is 2.35. The molecule has 0 saturated carbocycles. The van der Waals surface area contributed by atoms with Gasteiger partial charge in [-0.25, -0.2) is 0 Å². The molecule has 100 valence electrons. The van der Waals surface area contributed by atoms with E-state index in [9.17, 15) is 14.4 Å². The van der Waals surface area contributed by atoms with E-state index in [0.29, 0.717) is 15.1 Å². The first-order valence-electron chi connectivity index (χ1n) is 5.50. The van der Waals surface area contributed by atoms with Crippen LogP contribution < -0.4 is 5.32 Å². The zero-order valence-corrected chi connectivity index (χ0v) is 12.3. The van der Waals surface area contributed by atoms with Crippen LogP contribution in [-0.4, -0.2) is 35.2 Å². The van der Waals surface area contributed by atoms with E-state index in [-0.39, 0.29) is 6.54 Å². The van der Waals surface area contributed by atoms with Gasteiger partial charge in [0.15, 0.2) is 0 Å². The molecule has 3 amide bonds. The van der Waals surface area contributed by atoms with Crippen LogP contribution >= 0.6 is 27.5 Å². The standard InChI is InChI=1S/C12H10BrClN2O3/c1-6-11(18)15-10(17)5-16(6)12(19)8-4-7(14)2-3-9(8)13/h2-4,6H,5H2,1H3,(H,15,17,18). The van der Waals surface area contributed by atoms with Gasteiger partial charge >= 0.3 is 0 Å². The second kappa shape index (κ2) is 5.30. The van der Waals surface area contributed by atoms with E-state index < -0.39 is 23.8 Å². The number of carbonyl (C=O) groups excluding carboxylic acids is 3. The van der Waals surface area contributed by atoms with E-state index in [1.54, 1.807) is 19.1 Å². The van der Waals surface area contributed by atoms with Crippen LogP contribution in [0.5, 0.6) is 0 Å². The molecule has 1 atom stereocenters. The van der Waals surface area contributed by atoms with Gasteiger partial charge in [-0.3, -0.25) is 19.7 Å². The van der Waals surface area contributed by atoms with Crippen molar-refractivity contribution in [2.75, 3.05) is 6.54 Å². The molecule has 0 radical (unpaired) electrons. The lowest BCUT2D eigenvalue weighted by Gasteiger charge is -2.31. The Bertz CT molecular complexity index is 576. The van der Waals surface area contributed by atoms with Gasteiger partial charge in [-0.2, -0.15) is 0 Å². The second-order valence-electron chi connectivity index (χ2n) is 4.15. The van der Waals surface area contributed by atoms with Gasteiger partial charge in [-0.1, -0.05) is 11.6 Å². The monoisotopic (exact) mass is 344 g/mol. The maximum absolute atomic E-state index is 12.4. The quantitative estimate of drug-likeness (QED) is 0.786. The highest BCUT2D eigenvalue weighted by molar-refractivity contribution is 9.10. The number of piperazine rings is 1. The highest BCUT2D eigenvalue weighted by Crippen LogP contribution is 2.23. The van der Waals surface area contributed by atoms with E-state index >= 15 is 0 Å². The highest BCUT2D eigenvalue weighted by Gasteiger charge is 2.34. The number of hydrogen-bond donors (Lipinski definition) is 1. The molecule has 0 aliphatic carbocycles. The molecule has 1 aliphatic rings. The van der Waals surface area contributed by atoms with Gasteiger partial charge in [0.25, 0.3) is 5.91 Å². The summed E-state index contributed by atoms with van der Waals surface area (Å²) in [6, 6.07) is 4.08. The van der Waals surface area contributed by atoms with E-state index in [0.717, 1.165) is 0 Å². The molecule has 1 aromatic rings. The van der Waals surface area contributed by atoms with Crippen molar-refractivity contribution in [3.05, 3.63) is 33.3 Å². The molecule has 0 bridgehead atoms. The fourth-order valence-corrected chi connectivity index (χ4v) is 2.37. The Morgan fingerprint density at radius 3 is 2.84 bits per heavy atom. The smallest absolute Gasteiger partial charge is 0.256 e. The fraction of sp³-hybridized carbons (Fsp3) is 0.250. The number of rotatable bonds is 1. The summed E-state index contributed by atoms with van der Waals surface area (Å²) in [5, 5.41) is 2.59. The summed E-state index contributed by atoms with van der Waals surface area (Å²) in [5.74, 6) is -1.39. The summed E-state index contributed by atoms with van der Waals surface area (Å²) in [7, 11) is 0. The van der Waals surface area contributed by atoms with Gasteiger partial charge < -0.3 is 4.90 Å². The molecule has 5 nitrogen and oxygen atoms in total. The SMILES string of the molecule is CC1C(=O)NC(=O)CN1C(=O)c1cc(Cl)ccc1Br. The first-order valence-corrected chi connectivity index (χ1v) is 6.67. The number of imide groups is 1. The predicted octanol–water partition coefficient (Wildman–Crippen LogP) is 1.59. The first kappa shape index (κ1) is 14.0. The van der Waals surface area contributed by atoms with E-state index in [2.05, 4.69) is 21.2 Å². The lowest BCUT2D eigenvalue weighted by Crippen LogP contribution is -2.58. The Morgan fingerprint density at radius 2 is 2.16 bits per heavy atom. The lowest BCUT2D eigenvalue weighted by atomic mass is 10.1. The molecule has 0 spiro atoms. The summed E-state index contributed by atoms with van der Waals surface area (Å²) >= 11 is 9.11. The lowest BCUT2D eigenvalue weighted by molar-refractivity contribution is -0.138. The number of nitrogens with zero attached hydrogens (tertiary/aromatic N) is 1. The van der Waals surface area contributed by atoms with Crippen LogP contribution in [0.25, 0.3) is 0 Å². The number of halogens is 2. The minimum atomic E-state index is -0.698. The minimum Gasteiger partial charge on any atom is -0.318 e. The number of hydrogen-bond acceptors (Lipinski definition) is 3. The summed E-state index contributed by atoms with van der Waals surface area (Å²) in [4.78, 5) is 36.5. The molecule has 2 rings (SSSR count).